The van der Waals surface area contributed by atoms with Gasteiger partial charge in [-0.2, -0.15) is 13.2 Å². The van der Waals surface area contributed by atoms with E-state index in [0.717, 1.165) is 5.51 Å². The molecule has 1 aromatic heterocycles. The average Bonchev–Trinajstić information content (AvgIpc) is 2.49. The molecule has 72 valence electrons. The molecule has 0 spiro atoms. The van der Waals surface area contributed by atoms with Crippen molar-refractivity contribution in [1.29, 1.82) is 0 Å². The third kappa shape index (κ3) is 2.19. The molecule has 0 unspecified atom stereocenters. The molecule has 1 aromatic rings. The highest BCUT2D eigenvalue weighted by atomic mass is 35.5. The van der Waals surface area contributed by atoms with Crippen molar-refractivity contribution in [2.45, 2.75) is 6.18 Å². The molecule has 0 bridgehead atoms. The van der Waals surface area contributed by atoms with Gasteiger partial charge in [0, 0.05) is 0 Å². The van der Waals surface area contributed by atoms with Crippen molar-refractivity contribution in [1.82, 2.24) is 4.98 Å². The first-order valence-corrected chi connectivity index (χ1v) is 4.48. The molecule has 0 saturated heterocycles. The Kier molecular flexibility index (Phi) is 2.92. The summed E-state index contributed by atoms with van der Waals surface area (Å²) in [5.74, 6) is -1.30. The maximum Gasteiger partial charge on any atom is 0.427 e. The van der Waals surface area contributed by atoms with Crippen LogP contribution in [0.5, 0.6) is 0 Å². The van der Waals surface area contributed by atoms with Crippen LogP contribution >= 0.6 is 22.9 Å². The van der Waals surface area contributed by atoms with Crippen molar-refractivity contribution in [3.8, 4) is 0 Å². The molecule has 2 nitrogen and oxygen atoms in total. The Balaban J connectivity index is 3.10. The second-order valence-corrected chi connectivity index (χ2v) is 3.21. The van der Waals surface area contributed by atoms with Crippen LogP contribution in [0.1, 0.15) is 15.4 Å². The number of hydrogen-bond donors (Lipinski definition) is 0. The van der Waals surface area contributed by atoms with E-state index in [1.54, 1.807) is 0 Å². The topological polar surface area (TPSA) is 30.0 Å². The van der Waals surface area contributed by atoms with Crippen molar-refractivity contribution in [2.24, 2.45) is 0 Å². The Morgan fingerprint density at radius 3 is 2.69 bits per heavy atom. The van der Waals surface area contributed by atoms with Gasteiger partial charge < -0.3 is 0 Å². The highest BCUT2D eigenvalue weighted by molar-refractivity contribution is 7.10. The fraction of sp³-hybridized carbons (Fsp3) is 0.333. The molecule has 0 fully saturated rings. The number of Topliss-reactive ketones (excluding diaryl/α,β-unsaturated/α-hetero) is 1. The number of rotatable bonds is 2. The first kappa shape index (κ1) is 10.5. The summed E-state index contributed by atoms with van der Waals surface area (Å²) in [6.45, 7) is 0. The maximum absolute atomic E-state index is 12.2. The van der Waals surface area contributed by atoms with Gasteiger partial charge in [-0.1, -0.05) is 0 Å². The van der Waals surface area contributed by atoms with Gasteiger partial charge in [-0.3, -0.25) is 4.79 Å². The zero-order valence-corrected chi connectivity index (χ0v) is 7.63. The van der Waals surface area contributed by atoms with Crippen LogP contribution < -0.4 is 0 Å². The lowest BCUT2D eigenvalue weighted by Crippen LogP contribution is -2.11. The molecule has 0 N–H and O–H groups in total. The number of aromatic nitrogens is 1. The molecule has 1 heterocycles. The van der Waals surface area contributed by atoms with Crippen LogP contribution in [0.4, 0.5) is 13.2 Å². The van der Waals surface area contributed by atoms with E-state index in [4.69, 9.17) is 11.6 Å². The van der Waals surface area contributed by atoms with Crippen LogP contribution in [-0.2, 0) is 6.18 Å². The molecule has 0 aliphatic heterocycles. The van der Waals surface area contributed by atoms with Crippen molar-refractivity contribution in [2.75, 3.05) is 5.88 Å². The Morgan fingerprint density at radius 2 is 2.23 bits per heavy atom. The summed E-state index contributed by atoms with van der Waals surface area (Å²) >= 11 is 5.50. The molecule has 0 aromatic carbocycles. The summed E-state index contributed by atoms with van der Waals surface area (Å²) in [5.41, 5.74) is 0.385. The number of alkyl halides is 4. The van der Waals surface area contributed by atoms with E-state index in [1.165, 1.54) is 0 Å². The Labute approximate surface area is 80.3 Å². The van der Waals surface area contributed by atoms with Crippen LogP contribution in [0, 0.1) is 0 Å². The van der Waals surface area contributed by atoms with E-state index in [-0.39, 0.29) is 0 Å². The predicted octanol–water partition coefficient (Wildman–Crippen LogP) is 2.58. The number of ketones is 1. The lowest BCUT2D eigenvalue weighted by molar-refractivity contribution is -0.134. The number of hydrogen-bond acceptors (Lipinski definition) is 3. The van der Waals surface area contributed by atoms with Crippen molar-refractivity contribution in [3.63, 3.8) is 0 Å². The monoisotopic (exact) mass is 229 g/mol. The van der Waals surface area contributed by atoms with E-state index >= 15 is 0 Å². The molecular formula is C6H3ClF3NOS. The van der Waals surface area contributed by atoms with Crippen LogP contribution in [0.2, 0.25) is 0 Å². The highest BCUT2D eigenvalue weighted by Gasteiger charge is 2.37. The molecule has 1 rings (SSSR count). The number of carbonyl (C=O) groups excluding carboxylic acids is 1. The lowest BCUT2D eigenvalue weighted by atomic mass is 10.3. The number of carbonyl (C=O) groups is 1. The van der Waals surface area contributed by atoms with Crippen LogP contribution in [0.3, 0.4) is 0 Å². The van der Waals surface area contributed by atoms with E-state index in [2.05, 4.69) is 4.98 Å². The zero-order valence-electron chi connectivity index (χ0n) is 6.06. The third-order valence-corrected chi connectivity index (χ3v) is 2.32. The fourth-order valence-corrected chi connectivity index (χ4v) is 1.51. The molecular weight excluding hydrogens is 227 g/mol. The quantitative estimate of drug-likeness (QED) is 0.576. The summed E-state index contributed by atoms with van der Waals surface area (Å²) in [6.07, 6.45) is -4.53. The molecule has 0 radical (unpaired) electrons. The van der Waals surface area contributed by atoms with Crippen molar-refractivity contribution in [3.05, 3.63) is 16.1 Å². The standard InChI is InChI=1S/C6H3ClF3NOS/c7-1-3(12)4-5(6(8,9)10)13-2-11-4/h2H,1H2. The SMILES string of the molecule is O=C(CCl)c1ncsc1C(F)(F)F. The second kappa shape index (κ2) is 3.63. The Bertz CT molecular complexity index is 322. The number of halogens is 4. The van der Waals surface area contributed by atoms with Gasteiger partial charge in [0.15, 0.2) is 5.78 Å². The molecule has 0 aliphatic rings. The van der Waals surface area contributed by atoms with Crippen molar-refractivity contribution >= 4 is 28.7 Å². The van der Waals surface area contributed by atoms with Gasteiger partial charge in [-0.05, 0) is 0 Å². The summed E-state index contributed by atoms with van der Waals surface area (Å²) in [6, 6.07) is 0. The van der Waals surface area contributed by atoms with Gasteiger partial charge >= 0.3 is 6.18 Å². The molecule has 7 heteroatoms. The minimum Gasteiger partial charge on any atom is -0.291 e. The molecule has 0 aliphatic carbocycles. The summed E-state index contributed by atoms with van der Waals surface area (Å²) in [7, 11) is 0. The van der Waals surface area contributed by atoms with Crippen LogP contribution in [0.25, 0.3) is 0 Å². The largest absolute Gasteiger partial charge is 0.427 e. The average molecular weight is 230 g/mol. The number of thiazole rings is 1. The van der Waals surface area contributed by atoms with Gasteiger partial charge in [0.05, 0.1) is 11.4 Å². The predicted molar refractivity (Wildman–Crippen MR) is 42.2 cm³/mol. The normalized spacial score (nSPS) is 11.7. The first-order valence-electron chi connectivity index (χ1n) is 3.06. The smallest absolute Gasteiger partial charge is 0.291 e. The summed E-state index contributed by atoms with van der Waals surface area (Å²) in [4.78, 5) is 13.2. The third-order valence-electron chi connectivity index (χ3n) is 1.21. The van der Waals surface area contributed by atoms with Crippen LogP contribution in [-0.4, -0.2) is 16.6 Å². The summed E-state index contributed by atoms with van der Waals surface area (Å²) < 4.78 is 36.5. The Morgan fingerprint density at radius 1 is 1.62 bits per heavy atom. The lowest BCUT2D eigenvalue weighted by Gasteiger charge is -2.03. The maximum atomic E-state index is 12.2. The minimum atomic E-state index is -4.53. The van der Waals surface area contributed by atoms with Crippen LogP contribution in [0.15, 0.2) is 5.51 Å². The summed E-state index contributed by atoms with van der Waals surface area (Å²) in [5, 5.41) is 0. The molecule has 13 heavy (non-hydrogen) atoms. The highest BCUT2D eigenvalue weighted by Crippen LogP contribution is 2.34. The van der Waals surface area contributed by atoms with Gasteiger partial charge in [0.2, 0.25) is 0 Å². The van der Waals surface area contributed by atoms with Gasteiger partial charge in [-0.15, -0.1) is 22.9 Å². The molecule has 0 saturated carbocycles. The van der Waals surface area contributed by atoms with Gasteiger partial charge in [0.1, 0.15) is 10.6 Å². The Hall–Kier alpha value is -0.620. The van der Waals surface area contributed by atoms with Gasteiger partial charge in [0.25, 0.3) is 0 Å². The van der Waals surface area contributed by atoms with Crippen molar-refractivity contribution < 1.29 is 18.0 Å². The van der Waals surface area contributed by atoms with E-state index in [9.17, 15) is 18.0 Å². The van der Waals surface area contributed by atoms with E-state index in [0.29, 0.717) is 11.3 Å². The first-order chi connectivity index (χ1) is 5.96. The van der Waals surface area contributed by atoms with E-state index < -0.39 is 28.4 Å². The van der Waals surface area contributed by atoms with Gasteiger partial charge in [-0.25, -0.2) is 4.98 Å². The zero-order chi connectivity index (χ0) is 10.1. The number of nitrogens with zero attached hydrogens (tertiary/aromatic N) is 1. The molecule has 0 amide bonds. The minimum absolute atomic E-state index is 0.385. The van der Waals surface area contributed by atoms with E-state index in [1.807, 2.05) is 0 Å². The fourth-order valence-electron chi connectivity index (χ4n) is 0.709. The second-order valence-electron chi connectivity index (χ2n) is 2.08. The molecule has 0 atom stereocenters.